The summed E-state index contributed by atoms with van der Waals surface area (Å²) in [5.41, 5.74) is -1.04. The van der Waals surface area contributed by atoms with E-state index in [9.17, 15) is 19.2 Å². The van der Waals surface area contributed by atoms with Crippen LogP contribution in [0.2, 0.25) is 0 Å². The number of carbonyl (C=O) groups is 4. The van der Waals surface area contributed by atoms with E-state index in [0.717, 1.165) is 0 Å². The molecule has 3 atom stereocenters. The highest BCUT2D eigenvalue weighted by molar-refractivity contribution is 5.99. The molecular formula is C26H41N3O5. The first kappa shape index (κ1) is 29.1. The Labute approximate surface area is 203 Å². The third-order valence-corrected chi connectivity index (χ3v) is 5.11. The van der Waals surface area contributed by atoms with E-state index >= 15 is 0 Å². The Morgan fingerprint density at radius 3 is 1.88 bits per heavy atom. The maximum Gasteiger partial charge on any atom is 0.330 e. The monoisotopic (exact) mass is 475 g/mol. The molecule has 3 amide bonds. The number of benzene rings is 1. The second-order valence-electron chi connectivity index (χ2n) is 11.0. The number of amides is 3. The van der Waals surface area contributed by atoms with Gasteiger partial charge in [0.05, 0.1) is 5.92 Å². The summed E-state index contributed by atoms with van der Waals surface area (Å²) in [4.78, 5) is 52.2. The minimum Gasteiger partial charge on any atom is -0.458 e. The number of nitrogens with one attached hydrogen (secondary N) is 3. The molecule has 0 radical (unpaired) electrons. The van der Waals surface area contributed by atoms with Crippen molar-refractivity contribution in [3.63, 3.8) is 0 Å². The fourth-order valence-electron chi connectivity index (χ4n) is 3.47. The number of hydrogen-bond acceptors (Lipinski definition) is 5. The lowest BCUT2D eigenvalue weighted by atomic mass is 9.84. The van der Waals surface area contributed by atoms with Crippen LogP contribution in [0.5, 0.6) is 0 Å². The Morgan fingerprint density at radius 2 is 1.44 bits per heavy atom. The van der Waals surface area contributed by atoms with Crippen molar-refractivity contribution in [2.75, 3.05) is 7.05 Å². The van der Waals surface area contributed by atoms with Crippen LogP contribution in [0, 0.1) is 17.3 Å². The molecular weight excluding hydrogens is 434 g/mol. The molecule has 0 heterocycles. The number of rotatable bonds is 9. The van der Waals surface area contributed by atoms with E-state index in [4.69, 9.17) is 4.74 Å². The molecule has 3 N–H and O–H groups in total. The van der Waals surface area contributed by atoms with Crippen molar-refractivity contribution < 1.29 is 23.9 Å². The van der Waals surface area contributed by atoms with Crippen molar-refractivity contribution in [2.45, 2.75) is 79.5 Å². The molecule has 0 aliphatic heterocycles. The summed E-state index contributed by atoms with van der Waals surface area (Å²) in [6.45, 7) is 14.5. The molecule has 0 aromatic heterocycles. The third kappa shape index (κ3) is 9.15. The second kappa shape index (κ2) is 12.0. The van der Waals surface area contributed by atoms with Crippen LogP contribution in [0.1, 0.15) is 72.2 Å². The van der Waals surface area contributed by atoms with E-state index in [-0.39, 0.29) is 11.8 Å². The fourth-order valence-corrected chi connectivity index (χ4v) is 3.47. The number of ether oxygens (including phenoxy) is 1. The van der Waals surface area contributed by atoms with Crippen LogP contribution in [0.3, 0.4) is 0 Å². The first-order chi connectivity index (χ1) is 15.6. The average Bonchev–Trinajstić information content (AvgIpc) is 2.71. The standard InChI is InChI=1S/C26H41N3O5/c1-16(2)15-18(22(31)29-20(23(32)27-9)25(3,4)5)19(24(33)34-26(6,7)8)28-21(30)17-13-11-10-12-14-17/h10-14,16,18-20H,15H2,1-9H3,(H,27,32)(H,28,30)(H,29,31)/t18-,19+,20-/m1/s1. The van der Waals surface area contributed by atoms with Gasteiger partial charge in [0.2, 0.25) is 11.8 Å². The molecule has 8 nitrogen and oxygen atoms in total. The van der Waals surface area contributed by atoms with Crippen LogP contribution in [0.15, 0.2) is 30.3 Å². The summed E-state index contributed by atoms with van der Waals surface area (Å²) in [6, 6.07) is 6.40. The molecule has 0 bridgehead atoms. The van der Waals surface area contributed by atoms with Crippen molar-refractivity contribution in [1.29, 1.82) is 0 Å². The molecule has 34 heavy (non-hydrogen) atoms. The topological polar surface area (TPSA) is 114 Å². The highest BCUT2D eigenvalue weighted by atomic mass is 16.6. The quantitative estimate of drug-likeness (QED) is 0.475. The Bertz CT molecular complexity index is 853. The smallest absolute Gasteiger partial charge is 0.330 e. The Morgan fingerprint density at radius 1 is 0.882 bits per heavy atom. The summed E-state index contributed by atoms with van der Waals surface area (Å²) >= 11 is 0. The average molecular weight is 476 g/mol. The van der Waals surface area contributed by atoms with Crippen molar-refractivity contribution in [3.8, 4) is 0 Å². The van der Waals surface area contributed by atoms with Crippen molar-refractivity contribution >= 4 is 23.7 Å². The van der Waals surface area contributed by atoms with Gasteiger partial charge in [-0.3, -0.25) is 14.4 Å². The van der Waals surface area contributed by atoms with Gasteiger partial charge in [-0.15, -0.1) is 0 Å². The molecule has 190 valence electrons. The summed E-state index contributed by atoms with van der Waals surface area (Å²) in [5, 5.41) is 8.12. The fraction of sp³-hybridized carbons (Fsp3) is 0.615. The van der Waals surface area contributed by atoms with Gasteiger partial charge in [-0.25, -0.2) is 4.79 Å². The van der Waals surface area contributed by atoms with E-state index in [1.165, 1.54) is 7.05 Å². The SMILES string of the molecule is CNC(=O)[C@@H](NC(=O)[C@H](CC(C)C)[C@H](NC(=O)c1ccccc1)C(=O)OC(C)(C)C)C(C)(C)C. The number of esters is 1. The molecule has 0 aliphatic carbocycles. The highest BCUT2D eigenvalue weighted by Gasteiger charge is 2.41. The molecule has 8 heteroatoms. The molecule has 0 fully saturated rings. The van der Waals surface area contributed by atoms with E-state index < -0.39 is 46.8 Å². The summed E-state index contributed by atoms with van der Waals surface area (Å²) in [5.74, 6) is -2.95. The zero-order chi connectivity index (χ0) is 26.3. The number of carbonyl (C=O) groups excluding carboxylic acids is 4. The maximum absolute atomic E-state index is 13.5. The molecule has 1 aromatic rings. The Hall–Kier alpha value is -2.90. The lowest BCUT2D eigenvalue weighted by Gasteiger charge is -2.34. The van der Waals surface area contributed by atoms with Crippen molar-refractivity contribution in [2.24, 2.45) is 17.3 Å². The predicted molar refractivity (Wildman–Crippen MR) is 132 cm³/mol. The molecule has 0 saturated heterocycles. The van der Waals surface area contributed by atoms with Gasteiger partial charge in [-0.05, 0) is 50.7 Å². The first-order valence-corrected chi connectivity index (χ1v) is 11.7. The van der Waals surface area contributed by atoms with Gasteiger partial charge in [0.1, 0.15) is 17.7 Å². The minimum atomic E-state index is -1.24. The van der Waals surface area contributed by atoms with Gasteiger partial charge in [-0.2, -0.15) is 0 Å². The normalized spacial score (nSPS) is 14.5. The Kier molecular flexibility index (Phi) is 10.3. The zero-order valence-corrected chi connectivity index (χ0v) is 21.9. The highest BCUT2D eigenvalue weighted by Crippen LogP contribution is 2.24. The molecule has 1 rings (SSSR count). The van der Waals surface area contributed by atoms with Gasteiger partial charge >= 0.3 is 5.97 Å². The van der Waals surface area contributed by atoms with E-state index in [1.807, 2.05) is 34.6 Å². The van der Waals surface area contributed by atoms with Crippen LogP contribution in [0.25, 0.3) is 0 Å². The predicted octanol–water partition coefficient (Wildman–Crippen LogP) is 3.07. The molecule has 1 aromatic carbocycles. The van der Waals surface area contributed by atoms with Crippen LogP contribution in [-0.4, -0.2) is 48.4 Å². The van der Waals surface area contributed by atoms with Crippen LogP contribution in [-0.2, 0) is 19.1 Å². The lowest BCUT2D eigenvalue weighted by Crippen LogP contribution is -2.58. The maximum atomic E-state index is 13.5. The molecule has 0 unspecified atom stereocenters. The summed E-state index contributed by atoms with van der Waals surface area (Å²) in [6.07, 6.45) is 0.301. The second-order valence-corrected chi connectivity index (χ2v) is 11.0. The van der Waals surface area contributed by atoms with E-state index in [2.05, 4.69) is 16.0 Å². The molecule has 0 saturated carbocycles. The zero-order valence-electron chi connectivity index (χ0n) is 21.9. The van der Waals surface area contributed by atoms with Gasteiger partial charge in [0.15, 0.2) is 0 Å². The Balaban J connectivity index is 3.39. The first-order valence-electron chi connectivity index (χ1n) is 11.7. The van der Waals surface area contributed by atoms with E-state index in [1.54, 1.807) is 51.1 Å². The van der Waals surface area contributed by atoms with Crippen molar-refractivity contribution in [3.05, 3.63) is 35.9 Å². The van der Waals surface area contributed by atoms with Gasteiger partial charge < -0.3 is 20.7 Å². The van der Waals surface area contributed by atoms with Crippen LogP contribution < -0.4 is 16.0 Å². The van der Waals surface area contributed by atoms with Crippen LogP contribution >= 0.6 is 0 Å². The molecule has 0 spiro atoms. The molecule has 0 aliphatic rings. The summed E-state index contributed by atoms with van der Waals surface area (Å²) < 4.78 is 5.58. The lowest BCUT2D eigenvalue weighted by molar-refractivity contribution is -0.160. The third-order valence-electron chi connectivity index (χ3n) is 5.11. The van der Waals surface area contributed by atoms with Gasteiger partial charge in [0.25, 0.3) is 5.91 Å². The minimum absolute atomic E-state index is 0.0300. The largest absolute Gasteiger partial charge is 0.458 e. The number of likely N-dealkylation sites (N-methyl/N-ethyl adjacent to an activating group) is 1. The van der Waals surface area contributed by atoms with Gasteiger partial charge in [0, 0.05) is 12.6 Å². The van der Waals surface area contributed by atoms with Gasteiger partial charge in [-0.1, -0.05) is 52.8 Å². The van der Waals surface area contributed by atoms with Crippen molar-refractivity contribution in [1.82, 2.24) is 16.0 Å². The number of hydrogen-bond donors (Lipinski definition) is 3. The van der Waals surface area contributed by atoms with E-state index in [0.29, 0.717) is 12.0 Å². The van der Waals surface area contributed by atoms with Crippen LogP contribution in [0.4, 0.5) is 0 Å². The summed E-state index contributed by atoms with van der Waals surface area (Å²) in [7, 11) is 1.50.